The van der Waals surface area contributed by atoms with Gasteiger partial charge in [0, 0.05) is 56.3 Å². The Bertz CT molecular complexity index is 2070. The average molecular weight is 732 g/mol. The lowest BCUT2D eigenvalue weighted by atomic mass is 9.96. The number of hydrogen-bond acceptors (Lipinski definition) is 7. The summed E-state index contributed by atoms with van der Waals surface area (Å²) in [4.78, 5) is 34.1. The van der Waals surface area contributed by atoms with Gasteiger partial charge in [0.1, 0.15) is 18.2 Å². The van der Waals surface area contributed by atoms with Gasteiger partial charge in [-0.05, 0) is 68.2 Å². The molecule has 6 rings (SSSR count). The number of carbonyl (C=O) groups is 2. The number of ether oxygens (including phenoxy) is 1. The third kappa shape index (κ3) is 8.88. The zero-order chi connectivity index (χ0) is 37.7. The molecule has 53 heavy (non-hydrogen) atoms. The van der Waals surface area contributed by atoms with Crippen LogP contribution in [0.15, 0.2) is 60.8 Å². The van der Waals surface area contributed by atoms with Crippen LogP contribution >= 0.6 is 0 Å². The lowest BCUT2D eigenvalue weighted by molar-refractivity contribution is -0.123. The van der Waals surface area contributed by atoms with E-state index >= 15 is 4.39 Å². The molecule has 2 saturated heterocycles. The molecule has 0 radical (unpaired) electrons. The summed E-state index contributed by atoms with van der Waals surface area (Å²) < 4.78 is 61.3. The van der Waals surface area contributed by atoms with Gasteiger partial charge in [0.05, 0.1) is 40.9 Å². The van der Waals surface area contributed by atoms with Crippen molar-refractivity contribution in [1.29, 1.82) is 0 Å². The Hall–Kier alpha value is -5.23. The van der Waals surface area contributed by atoms with Crippen LogP contribution in [0.2, 0.25) is 0 Å². The lowest BCUT2D eigenvalue weighted by Gasteiger charge is -2.14. The number of likely N-dealkylation sites (tertiary alicyclic amines) is 1. The molecule has 2 aromatic heterocycles. The van der Waals surface area contributed by atoms with E-state index in [-0.39, 0.29) is 17.8 Å². The van der Waals surface area contributed by atoms with Crippen molar-refractivity contribution in [2.75, 3.05) is 64.0 Å². The van der Waals surface area contributed by atoms with Crippen molar-refractivity contribution >= 4 is 34.2 Å². The molecule has 1 atom stereocenters. The Balaban J connectivity index is 1.39. The summed E-state index contributed by atoms with van der Waals surface area (Å²) in [5.74, 6) is 4.19. The number of nitrogens with zero attached hydrogens (tertiary/aromatic N) is 4. The molecule has 10 nitrogen and oxygen atoms in total. The quantitative estimate of drug-likeness (QED) is 0.123. The highest BCUT2D eigenvalue weighted by atomic mass is 19.4. The Kier molecular flexibility index (Phi) is 11.5. The van der Waals surface area contributed by atoms with E-state index in [1.807, 2.05) is 36.9 Å². The number of aryl methyl sites for hydroxylation is 1. The molecule has 0 bridgehead atoms. The first-order valence-electron chi connectivity index (χ1n) is 17.4. The maximum Gasteiger partial charge on any atom is 0.405 e. The van der Waals surface area contributed by atoms with Gasteiger partial charge in [-0.2, -0.15) is 13.2 Å². The summed E-state index contributed by atoms with van der Waals surface area (Å²) in [6.07, 6.45) is 3.39. The van der Waals surface area contributed by atoms with Gasteiger partial charge in [-0.1, -0.05) is 36.1 Å². The third-order valence-corrected chi connectivity index (χ3v) is 9.50. The number of likely N-dealkylation sites (N-methyl/N-ethyl adjacent to an activating group) is 1. The van der Waals surface area contributed by atoms with Gasteiger partial charge in [-0.15, -0.1) is 0 Å². The fraction of sp³-hybridized carbons (Fsp3) is 0.359. The fourth-order valence-electron chi connectivity index (χ4n) is 6.82. The van der Waals surface area contributed by atoms with Crippen molar-refractivity contribution in [2.24, 2.45) is 7.05 Å². The highest BCUT2D eigenvalue weighted by molar-refractivity contribution is 6.11. The van der Waals surface area contributed by atoms with Crippen LogP contribution in [0.1, 0.15) is 35.2 Å². The number of rotatable bonds is 8. The number of aromatic nitrogens is 2. The summed E-state index contributed by atoms with van der Waals surface area (Å²) in [5, 5.41) is 5.10. The van der Waals surface area contributed by atoms with Crippen molar-refractivity contribution < 1.29 is 31.9 Å². The molecular formula is C39H41F4N7O3. The van der Waals surface area contributed by atoms with Gasteiger partial charge in [0.25, 0.3) is 5.91 Å². The Morgan fingerprint density at radius 2 is 1.83 bits per heavy atom. The molecule has 2 aliphatic rings. The van der Waals surface area contributed by atoms with E-state index in [1.54, 1.807) is 29.7 Å². The minimum Gasteiger partial charge on any atom is -0.383 e. The molecular weight excluding hydrogens is 690 g/mol. The van der Waals surface area contributed by atoms with E-state index in [4.69, 9.17) is 10.5 Å². The largest absolute Gasteiger partial charge is 0.405 e. The molecule has 2 amide bonds. The molecule has 2 aromatic carbocycles. The normalized spacial score (nSPS) is 17.1. The molecule has 4 aromatic rings. The van der Waals surface area contributed by atoms with Gasteiger partial charge in [-0.3, -0.25) is 19.4 Å². The number of nitrogens with two attached hydrogens (primary N) is 1. The molecule has 0 unspecified atom stereocenters. The first-order chi connectivity index (χ1) is 25.4. The maximum atomic E-state index is 15.6. The number of anilines is 2. The van der Waals surface area contributed by atoms with E-state index in [0.29, 0.717) is 64.3 Å². The van der Waals surface area contributed by atoms with Crippen molar-refractivity contribution in [2.45, 2.75) is 31.5 Å². The maximum absolute atomic E-state index is 15.6. The summed E-state index contributed by atoms with van der Waals surface area (Å²) in [7, 11) is 3.86. The number of hydrogen-bond donors (Lipinski definition) is 3. The molecule has 2 fully saturated rings. The van der Waals surface area contributed by atoms with Crippen molar-refractivity contribution in [3.8, 4) is 34.2 Å². The Morgan fingerprint density at radius 3 is 2.55 bits per heavy atom. The number of alkyl halides is 3. The van der Waals surface area contributed by atoms with E-state index in [9.17, 15) is 22.8 Å². The monoisotopic (exact) mass is 731 g/mol. The fourth-order valence-corrected chi connectivity index (χ4v) is 6.82. The second-order valence-electron chi connectivity index (χ2n) is 13.2. The van der Waals surface area contributed by atoms with Crippen LogP contribution in [0.3, 0.4) is 0 Å². The van der Waals surface area contributed by atoms with Crippen LogP contribution in [0.25, 0.3) is 33.3 Å². The van der Waals surface area contributed by atoms with Crippen LogP contribution in [0, 0.1) is 17.7 Å². The Morgan fingerprint density at radius 1 is 1.06 bits per heavy atom. The van der Waals surface area contributed by atoms with Gasteiger partial charge >= 0.3 is 6.18 Å². The number of nitrogen functional groups attached to an aromatic ring is 1. The number of halogens is 4. The predicted octanol–water partition coefficient (Wildman–Crippen LogP) is 5.58. The molecule has 4 heterocycles. The van der Waals surface area contributed by atoms with Crippen LogP contribution in [-0.2, 0) is 16.6 Å². The molecule has 14 heteroatoms. The van der Waals surface area contributed by atoms with E-state index in [2.05, 4.69) is 31.9 Å². The number of carbonyl (C=O) groups excluding carboxylic acids is 2. The van der Waals surface area contributed by atoms with Gasteiger partial charge < -0.3 is 25.7 Å². The van der Waals surface area contributed by atoms with Crippen molar-refractivity contribution in [3.63, 3.8) is 0 Å². The highest BCUT2D eigenvalue weighted by Crippen LogP contribution is 2.43. The zero-order valence-corrected chi connectivity index (χ0v) is 29.5. The number of fused-ring (bicyclic) bond motifs is 1. The Labute approximate surface area is 305 Å². The van der Waals surface area contributed by atoms with Gasteiger partial charge in [0.15, 0.2) is 0 Å². The van der Waals surface area contributed by atoms with E-state index in [1.165, 1.54) is 6.07 Å². The van der Waals surface area contributed by atoms with Crippen LogP contribution in [-0.4, -0.2) is 96.4 Å². The van der Waals surface area contributed by atoms with E-state index in [0.717, 1.165) is 51.0 Å². The minimum absolute atomic E-state index is 0.156. The first-order valence-corrected chi connectivity index (χ1v) is 17.4. The number of benzene rings is 2. The molecule has 2 aliphatic heterocycles. The highest BCUT2D eigenvalue weighted by Gasteiger charge is 2.29. The zero-order valence-electron chi connectivity index (χ0n) is 29.5. The third-order valence-electron chi connectivity index (χ3n) is 9.50. The smallest absolute Gasteiger partial charge is 0.383 e. The minimum atomic E-state index is -4.65. The summed E-state index contributed by atoms with van der Waals surface area (Å²) in [6.45, 7) is 2.89. The van der Waals surface area contributed by atoms with Crippen LogP contribution < -0.4 is 16.4 Å². The summed E-state index contributed by atoms with van der Waals surface area (Å²) in [5.41, 5.74) is 9.89. The second kappa shape index (κ2) is 16.2. The topological polar surface area (TPSA) is 118 Å². The molecule has 4 N–H and O–H groups in total. The van der Waals surface area contributed by atoms with Crippen LogP contribution in [0.4, 0.5) is 29.1 Å². The standard InChI is InChI=1S/C39H41F4N7O3/c1-48-16-4-7-29(48)13-15-32(51)47-28-11-8-25(9-12-28)35-33(26-10-14-30(31(40)22-26)38(52)46-24-39(41,42)43)34-36(49(35)2)27(23-45-37(34)44)6-3-17-50-18-5-20-53-21-19-50/h8-15,22-23,29H,4-5,7,16-21,24H2,1-2H3,(H2,44,45)(H,46,52)(H,47,51)/b15-13+/t29-/m1/s1. The van der Waals surface area contributed by atoms with Crippen molar-refractivity contribution in [1.82, 2.24) is 24.7 Å². The molecule has 278 valence electrons. The average Bonchev–Trinajstić information content (AvgIpc) is 3.56. The molecule has 0 aliphatic carbocycles. The van der Waals surface area contributed by atoms with Gasteiger partial charge in [0.2, 0.25) is 5.91 Å². The van der Waals surface area contributed by atoms with Crippen molar-refractivity contribution in [3.05, 3.63) is 77.8 Å². The second-order valence-corrected chi connectivity index (χ2v) is 13.2. The molecule has 0 spiro atoms. The summed E-state index contributed by atoms with van der Waals surface area (Å²) >= 11 is 0. The summed E-state index contributed by atoms with van der Waals surface area (Å²) in [6, 6.07) is 11.1. The number of amides is 2. The van der Waals surface area contributed by atoms with E-state index < -0.39 is 30.0 Å². The number of pyridine rings is 1. The van der Waals surface area contributed by atoms with Gasteiger partial charge in [-0.25, -0.2) is 9.37 Å². The first kappa shape index (κ1) is 37.5. The lowest BCUT2D eigenvalue weighted by Crippen LogP contribution is -2.34. The van der Waals surface area contributed by atoms with Crippen LogP contribution in [0.5, 0.6) is 0 Å². The SMILES string of the molecule is CN1CCC[C@@H]1/C=C/C(=O)Nc1ccc(-c2c(-c3ccc(C(=O)NCC(F)(F)F)c(F)c3)c3c(N)ncc(C#CCN4CCCOCC4)c3n2C)cc1. The predicted molar refractivity (Wildman–Crippen MR) is 197 cm³/mol. The number of nitrogens with one attached hydrogen (secondary N) is 2. The molecule has 0 saturated carbocycles.